The van der Waals surface area contributed by atoms with Crippen molar-refractivity contribution in [1.82, 2.24) is 0 Å². The van der Waals surface area contributed by atoms with Crippen LogP contribution in [0.25, 0.3) is 0 Å². The molecule has 0 amide bonds. The summed E-state index contributed by atoms with van der Waals surface area (Å²) in [5.74, 6) is 0.573. The average Bonchev–Trinajstić information content (AvgIpc) is 2.82. The molecular weight excluding hydrogens is 228 g/mol. The van der Waals surface area contributed by atoms with Crippen molar-refractivity contribution in [2.75, 3.05) is 7.11 Å². The highest BCUT2D eigenvalue weighted by Gasteiger charge is 2.12. The lowest BCUT2D eigenvalue weighted by Gasteiger charge is -2.06. The molecule has 0 saturated carbocycles. The molecule has 0 N–H and O–H groups in total. The van der Waals surface area contributed by atoms with Gasteiger partial charge in [0, 0.05) is 6.42 Å². The second kappa shape index (κ2) is 5.08. The monoisotopic (exact) mass is 244 g/mol. The average molecular weight is 244 g/mol. The summed E-state index contributed by atoms with van der Waals surface area (Å²) in [4.78, 5) is 11.3. The molecule has 18 heavy (non-hydrogen) atoms. The van der Waals surface area contributed by atoms with Crippen molar-refractivity contribution in [3.8, 4) is 0 Å². The van der Waals surface area contributed by atoms with Gasteiger partial charge >= 0.3 is 5.97 Å². The van der Waals surface area contributed by atoms with Crippen LogP contribution in [0.4, 0.5) is 0 Å². The number of carbonyl (C=O) groups is 1. The van der Waals surface area contributed by atoms with Crippen LogP contribution in [0.5, 0.6) is 0 Å². The number of carbonyl (C=O) groups excluding carboxylic acids is 1. The van der Waals surface area contributed by atoms with Gasteiger partial charge in [-0.15, -0.1) is 0 Å². The Kier molecular flexibility index (Phi) is 3.51. The number of benzene rings is 1. The molecule has 1 aromatic heterocycles. The van der Waals surface area contributed by atoms with Gasteiger partial charge < -0.3 is 9.15 Å². The van der Waals surface area contributed by atoms with E-state index in [4.69, 9.17) is 4.42 Å². The van der Waals surface area contributed by atoms with E-state index in [-0.39, 0.29) is 5.76 Å². The number of methoxy groups -OCH3 is 1. The largest absolute Gasteiger partial charge is 0.463 e. The molecule has 0 unspecified atom stereocenters. The van der Waals surface area contributed by atoms with Gasteiger partial charge in [0.15, 0.2) is 0 Å². The highest BCUT2D eigenvalue weighted by atomic mass is 16.5. The second-order valence-electron chi connectivity index (χ2n) is 4.29. The van der Waals surface area contributed by atoms with Gasteiger partial charge in [0.1, 0.15) is 5.76 Å². The van der Waals surface area contributed by atoms with Crippen LogP contribution in [0.3, 0.4) is 0 Å². The third-order valence-corrected chi connectivity index (χ3v) is 3.13. The van der Waals surface area contributed by atoms with Gasteiger partial charge in [-0.25, -0.2) is 4.79 Å². The van der Waals surface area contributed by atoms with Crippen LogP contribution in [0.2, 0.25) is 0 Å². The molecule has 0 aliphatic heterocycles. The number of hydrogen-bond acceptors (Lipinski definition) is 3. The van der Waals surface area contributed by atoms with Crippen LogP contribution in [-0.4, -0.2) is 13.1 Å². The summed E-state index contributed by atoms with van der Waals surface area (Å²) >= 11 is 0. The minimum absolute atomic E-state index is 0.248. The Morgan fingerprint density at radius 2 is 2.00 bits per heavy atom. The lowest BCUT2D eigenvalue weighted by atomic mass is 10.0. The number of aryl methyl sites for hydroxylation is 1. The maximum absolute atomic E-state index is 11.3. The van der Waals surface area contributed by atoms with E-state index in [1.807, 2.05) is 12.1 Å². The highest BCUT2D eigenvalue weighted by Crippen LogP contribution is 2.18. The summed E-state index contributed by atoms with van der Waals surface area (Å²) in [7, 11) is 1.34. The first-order chi connectivity index (χ1) is 8.61. The zero-order chi connectivity index (χ0) is 13.1. The molecule has 94 valence electrons. The topological polar surface area (TPSA) is 39.4 Å². The minimum Gasteiger partial charge on any atom is -0.463 e. The van der Waals surface area contributed by atoms with Gasteiger partial charge in [-0.3, -0.25) is 0 Å². The van der Waals surface area contributed by atoms with Crippen LogP contribution >= 0.6 is 0 Å². The molecule has 2 aromatic rings. The number of esters is 1. The van der Waals surface area contributed by atoms with Crippen LogP contribution in [0, 0.1) is 13.8 Å². The van der Waals surface area contributed by atoms with E-state index in [2.05, 4.69) is 30.7 Å². The SMILES string of the molecule is COC(=O)c1ccc(Cc2cccc(C)c2C)o1. The Balaban J connectivity index is 2.21. The maximum atomic E-state index is 11.3. The number of hydrogen-bond donors (Lipinski definition) is 0. The van der Waals surface area contributed by atoms with Crippen molar-refractivity contribution < 1.29 is 13.9 Å². The maximum Gasteiger partial charge on any atom is 0.373 e. The summed E-state index contributed by atoms with van der Waals surface area (Å²) in [6.45, 7) is 4.18. The number of furan rings is 1. The molecule has 1 heterocycles. The Bertz CT molecular complexity index is 567. The van der Waals surface area contributed by atoms with Crippen molar-refractivity contribution in [3.05, 3.63) is 58.5 Å². The molecule has 3 heteroatoms. The summed E-state index contributed by atoms with van der Waals surface area (Å²) in [5.41, 5.74) is 3.72. The first kappa shape index (κ1) is 12.4. The molecule has 0 aliphatic carbocycles. The van der Waals surface area contributed by atoms with Gasteiger partial charge in [0.25, 0.3) is 0 Å². The van der Waals surface area contributed by atoms with Gasteiger partial charge in [-0.1, -0.05) is 18.2 Å². The van der Waals surface area contributed by atoms with Crippen molar-refractivity contribution in [2.45, 2.75) is 20.3 Å². The van der Waals surface area contributed by atoms with E-state index in [9.17, 15) is 4.79 Å². The first-order valence-corrected chi connectivity index (χ1v) is 5.84. The normalized spacial score (nSPS) is 10.4. The highest BCUT2D eigenvalue weighted by molar-refractivity contribution is 5.86. The lowest BCUT2D eigenvalue weighted by Crippen LogP contribution is -1.98. The Morgan fingerprint density at radius 1 is 1.22 bits per heavy atom. The quantitative estimate of drug-likeness (QED) is 0.778. The smallest absolute Gasteiger partial charge is 0.373 e. The molecule has 0 atom stereocenters. The zero-order valence-electron chi connectivity index (χ0n) is 10.8. The third kappa shape index (κ3) is 2.45. The molecular formula is C15H16O3. The predicted molar refractivity (Wildman–Crippen MR) is 68.8 cm³/mol. The molecule has 0 radical (unpaired) electrons. The second-order valence-corrected chi connectivity index (χ2v) is 4.29. The van der Waals surface area contributed by atoms with Crippen LogP contribution in [-0.2, 0) is 11.2 Å². The molecule has 0 bridgehead atoms. The number of ether oxygens (including phenoxy) is 1. The summed E-state index contributed by atoms with van der Waals surface area (Å²) in [5, 5.41) is 0. The fraction of sp³-hybridized carbons (Fsp3) is 0.267. The molecule has 0 fully saturated rings. The molecule has 0 spiro atoms. The van der Waals surface area contributed by atoms with Crippen LogP contribution in [0.1, 0.15) is 33.0 Å². The van der Waals surface area contributed by atoms with E-state index in [1.54, 1.807) is 6.07 Å². The summed E-state index contributed by atoms with van der Waals surface area (Å²) in [6, 6.07) is 9.64. The van der Waals surface area contributed by atoms with E-state index in [1.165, 1.54) is 23.8 Å². The standard InChI is InChI=1S/C15H16O3/c1-10-5-4-6-12(11(10)2)9-13-7-8-14(18-13)15(16)17-3/h4-8H,9H2,1-3H3. The van der Waals surface area contributed by atoms with Gasteiger partial charge in [0.05, 0.1) is 7.11 Å². The summed E-state index contributed by atoms with van der Waals surface area (Å²) in [6.07, 6.45) is 0.685. The van der Waals surface area contributed by atoms with E-state index < -0.39 is 5.97 Å². The van der Waals surface area contributed by atoms with Crippen molar-refractivity contribution >= 4 is 5.97 Å². The van der Waals surface area contributed by atoms with E-state index in [0.29, 0.717) is 6.42 Å². The summed E-state index contributed by atoms with van der Waals surface area (Å²) < 4.78 is 10.1. The van der Waals surface area contributed by atoms with E-state index >= 15 is 0 Å². The van der Waals surface area contributed by atoms with Crippen molar-refractivity contribution in [1.29, 1.82) is 0 Å². The van der Waals surface area contributed by atoms with Crippen molar-refractivity contribution in [3.63, 3.8) is 0 Å². The van der Waals surface area contributed by atoms with Crippen molar-refractivity contribution in [2.24, 2.45) is 0 Å². The molecule has 1 aromatic carbocycles. The number of rotatable bonds is 3. The molecule has 3 nitrogen and oxygen atoms in total. The molecule has 0 aliphatic rings. The zero-order valence-corrected chi connectivity index (χ0v) is 10.8. The van der Waals surface area contributed by atoms with Gasteiger partial charge in [0.2, 0.25) is 5.76 Å². The third-order valence-electron chi connectivity index (χ3n) is 3.13. The van der Waals surface area contributed by atoms with Gasteiger partial charge in [-0.05, 0) is 42.7 Å². The molecule has 2 rings (SSSR count). The minimum atomic E-state index is -0.442. The van der Waals surface area contributed by atoms with Crippen LogP contribution in [0.15, 0.2) is 34.7 Å². The van der Waals surface area contributed by atoms with Crippen LogP contribution < -0.4 is 0 Å². The van der Waals surface area contributed by atoms with Gasteiger partial charge in [-0.2, -0.15) is 0 Å². The Labute approximate surface area is 106 Å². The Hall–Kier alpha value is -2.03. The lowest BCUT2D eigenvalue weighted by molar-refractivity contribution is 0.0563. The first-order valence-electron chi connectivity index (χ1n) is 5.84. The molecule has 0 saturated heterocycles. The Morgan fingerprint density at radius 3 is 2.72 bits per heavy atom. The predicted octanol–water partition coefficient (Wildman–Crippen LogP) is 3.27. The fourth-order valence-electron chi connectivity index (χ4n) is 1.87. The fourth-order valence-corrected chi connectivity index (χ4v) is 1.87. The van der Waals surface area contributed by atoms with E-state index in [0.717, 1.165) is 5.76 Å².